The van der Waals surface area contributed by atoms with Crippen molar-refractivity contribution >= 4 is 17.6 Å². The van der Waals surface area contributed by atoms with Crippen LogP contribution in [-0.4, -0.2) is 38.2 Å². The van der Waals surface area contributed by atoms with E-state index in [1.807, 2.05) is 0 Å². The molecule has 0 heterocycles. The van der Waals surface area contributed by atoms with Gasteiger partial charge in [-0.15, -0.1) is 0 Å². The average molecular weight is 387 g/mol. The van der Waals surface area contributed by atoms with Gasteiger partial charge < -0.3 is 14.2 Å². The molecule has 8 nitrogen and oxygen atoms in total. The summed E-state index contributed by atoms with van der Waals surface area (Å²) in [6, 6.07) is 13.0. The Bertz CT molecular complexity index is 832. The third-order valence-electron chi connectivity index (χ3n) is 4.48. The molecule has 2 aromatic rings. The van der Waals surface area contributed by atoms with Gasteiger partial charge in [0, 0.05) is 17.5 Å². The Morgan fingerprint density at radius 2 is 1.54 bits per heavy atom. The maximum Gasteiger partial charge on any atom is 0.320 e. The summed E-state index contributed by atoms with van der Waals surface area (Å²) >= 11 is 0. The van der Waals surface area contributed by atoms with Gasteiger partial charge in [-0.25, -0.2) is 0 Å². The summed E-state index contributed by atoms with van der Waals surface area (Å²) in [6.45, 7) is 0. The molecule has 28 heavy (non-hydrogen) atoms. The van der Waals surface area contributed by atoms with Crippen molar-refractivity contribution in [3.8, 4) is 5.75 Å². The lowest BCUT2D eigenvalue weighted by Gasteiger charge is -2.24. The molecule has 0 amide bonds. The van der Waals surface area contributed by atoms with Crippen LogP contribution in [0, 0.1) is 16.0 Å². The molecule has 0 fully saturated rings. The Morgan fingerprint density at radius 3 is 2.04 bits per heavy atom. The highest BCUT2D eigenvalue weighted by Gasteiger charge is 2.38. The summed E-state index contributed by atoms with van der Waals surface area (Å²) in [5, 5.41) is 11.4. The first-order valence-electron chi connectivity index (χ1n) is 8.44. The van der Waals surface area contributed by atoms with Crippen molar-refractivity contribution in [3.05, 3.63) is 69.8 Å². The van der Waals surface area contributed by atoms with E-state index in [1.54, 1.807) is 42.5 Å². The lowest BCUT2D eigenvalue weighted by atomic mass is 9.81. The molecule has 8 heteroatoms. The molecule has 2 rings (SSSR count). The highest BCUT2D eigenvalue weighted by molar-refractivity contribution is 5.96. The molecule has 0 aliphatic carbocycles. The first-order chi connectivity index (χ1) is 13.4. The minimum Gasteiger partial charge on any atom is -0.497 e. The van der Waals surface area contributed by atoms with Crippen LogP contribution >= 0.6 is 0 Å². The predicted octanol–water partition coefficient (Wildman–Crippen LogP) is 2.89. The number of hydrogen-bond acceptors (Lipinski definition) is 7. The zero-order chi connectivity index (χ0) is 20.7. The molecule has 148 valence electrons. The van der Waals surface area contributed by atoms with Crippen LogP contribution in [0.4, 0.5) is 5.69 Å². The van der Waals surface area contributed by atoms with Crippen LogP contribution in [0.15, 0.2) is 48.5 Å². The fraction of sp³-hybridized carbons (Fsp3) is 0.300. The number of ether oxygens (including phenoxy) is 3. The van der Waals surface area contributed by atoms with E-state index in [-0.39, 0.29) is 12.1 Å². The van der Waals surface area contributed by atoms with Gasteiger partial charge in [-0.2, -0.15) is 0 Å². The van der Waals surface area contributed by atoms with Crippen LogP contribution in [-0.2, 0) is 25.5 Å². The number of carbonyl (C=O) groups excluding carboxylic acids is 2. The largest absolute Gasteiger partial charge is 0.497 e. The van der Waals surface area contributed by atoms with Crippen molar-refractivity contribution in [3.63, 3.8) is 0 Å². The van der Waals surface area contributed by atoms with Gasteiger partial charge in [-0.05, 0) is 24.1 Å². The molecular formula is C20H21NO7. The van der Waals surface area contributed by atoms with Crippen molar-refractivity contribution in [2.75, 3.05) is 21.3 Å². The fourth-order valence-electron chi connectivity index (χ4n) is 3.06. The van der Waals surface area contributed by atoms with Gasteiger partial charge in [0.15, 0.2) is 5.92 Å². The minimum atomic E-state index is -1.27. The maximum absolute atomic E-state index is 12.4. The third-order valence-corrected chi connectivity index (χ3v) is 4.48. The first-order valence-corrected chi connectivity index (χ1v) is 8.44. The van der Waals surface area contributed by atoms with E-state index in [0.717, 1.165) is 0 Å². The Labute approximate surface area is 162 Å². The summed E-state index contributed by atoms with van der Waals surface area (Å²) in [5.74, 6) is -2.95. The number of nitrogens with zero attached hydrogens (tertiary/aromatic N) is 1. The van der Waals surface area contributed by atoms with Crippen LogP contribution in [0.2, 0.25) is 0 Å². The van der Waals surface area contributed by atoms with Crippen molar-refractivity contribution in [2.45, 2.75) is 12.3 Å². The number of para-hydroxylation sites is 1. The molecule has 0 radical (unpaired) electrons. The maximum atomic E-state index is 12.4. The number of benzene rings is 2. The number of nitro benzene ring substituents is 1. The summed E-state index contributed by atoms with van der Waals surface area (Å²) in [6.07, 6.45) is 0.0678. The van der Waals surface area contributed by atoms with E-state index in [1.165, 1.54) is 27.4 Å². The Kier molecular flexibility index (Phi) is 7.08. The van der Waals surface area contributed by atoms with E-state index >= 15 is 0 Å². The minimum absolute atomic E-state index is 0.0678. The summed E-state index contributed by atoms with van der Waals surface area (Å²) in [5.41, 5.74) is 0.931. The number of methoxy groups -OCH3 is 3. The van der Waals surface area contributed by atoms with Crippen LogP contribution in [0.5, 0.6) is 5.75 Å². The second-order valence-electron chi connectivity index (χ2n) is 5.99. The quantitative estimate of drug-likeness (QED) is 0.297. The molecule has 0 saturated heterocycles. The fourth-order valence-corrected chi connectivity index (χ4v) is 3.06. The Morgan fingerprint density at radius 1 is 0.964 bits per heavy atom. The second-order valence-corrected chi connectivity index (χ2v) is 5.99. The van der Waals surface area contributed by atoms with Crippen LogP contribution in [0.1, 0.15) is 17.0 Å². The standard InChI is InChI=1S/C20H21NO7/c1-26-15-10-8-13(9-11-15)16(18(19(22)27-2)20(23)28-3)12-14-6-4-5-7-17(14)21(24)25/h4-11,16,18H,12H2,1-3H3. The molecule has 0 N–H and O–H groups in total. The molecule has 1 unspecified atom stereocenters. The molecule has 2 aromatic carbocycles. The lowest BCUT2D eigenvalue weighted by Crippen LogP contribution is -2.33. The second kappa shape index (κ2) is 9.50. The lowest BCUT2D eigenvalue weighted by molar-refractivity contribution is -0.385. The first kappa shape index (κ1) is 20.9. The summed E-state index contributed by atoms with van der Waals surface area (Å²) in [4.78, 5) is 35.6. The van der Waals surface area contributed by atoms with Gasteiger partial charge in [0.2, 0.25) is 0 Å². The third kappa shape index (κ3) is 4.64. The van der Waals surface area contributed by atoms with Crippen molar-refractivity contribution in [2.24, 2.45) is 5.92 Å². The molecule has 0 saturated carbocycles. The van der Waals surface area contributed by atoms with Crippen molar-refractivity contribution in [1.29, 1.82) is 0 Å². The molecule has 0 spiro atoms. The van der Waals surface area contributed by atoms with Crippen molar-refractivity contribution < 1.29 is 28.7 Å². The van der Waals surface area contributed by atoms with E-state index in [0.29, 0.717) is 16.9 Å². The molecule has 1 atom stereocenters. The van der Waals surface area contributed by atoms with E-state index in [4.69, 9.17) is 14.2 Å². The van der Waals surface area contributed by atoms with Gasteiger partial charge in [-0.1, -0.05) is 30.3 Å². The number of carbonyl (C=O) groups is 2. The summed E-state index contributed by atoms with van der Waals surface area (Å²) in [7, 11) is 3.87. The predicted molar refractivity (Wildman–Crippen MR) is 100 cm³/mol. The van der Waals surface area contributed by atoms with Gasteiger partial charge in [0.1, 0.15) is 5.75 Å². The smallest absolute Gasteiger partial charge is 0.320 e. The topological polar surface area (TPSA) is 105 Å². The van der Waals surface area contributed by atoms with Crippen molar-refractivity contribution in [1.82, 2.24) is 0 Å². The monoisotopic (exact) mass is 387 g/mol. The Hall–Kier alpha value is -3.42. The molecule has 0 aliphatic heterocycles. The van der Waals surface area contributed by atoms with E-state index in [2.05, 4.69) is 0 Å². The SMILES string of the molecule is COC(=O)C(C(=O)OC)C(Cc1ccccc1[N+](=O)[O-])c1ccc(OC)cc1. The van der Waals surface area contributed by atoms with E-state index in [9.17, 15) is 19.7 Å². The number of rotatable bonds is 8. The Balaban J connectivity index is 2.56. The van der Waals surface area contributed by atoms with E-state index < -0.39 is 28.7 Å². The van der Waals surface area contributed by atoms with Gasteiger partial charge in [0.05, 0.1) is 26.3 Å². The van der Waals surface area contributed by atoms with Gasteiger partial charge in [0.25, 0.3) is 5.69 Å². The number of esters is 2. The molecule has 0 bridgehead atoms. The van der Waals surface area contributed by atoms with Crippen LogP contribution in [0.25, 0.3) is 0 Å². The zero-order valence-corrected chi connectivity index (χ0v) is 15.8. The van der Waals surface area contributed by atoms with Crippen LogP contribution in [0.3, 0.4) is 0 Å². The molecule has 0 aromatic heterocycles. The zero-order valence-electron chi connectivity index (χ0n) is 15.8. The highest BCUT2D eigenvalue weighted by atomic mass is 16.6. The average Bonchev–Trinajstić information content (AvgIpc) is 2.73. The highest BCUT2D eigenvalue weighted by Crippen LogP contribution is 2.34. The van der Waals surface area contributed by atoms with Gasteiger partial charge >= 0.3 is 11.9 Å². The van der Waals surface area contributed by atoms with Crippen LogP contribution < -0.4 is 4.74 Å². The molecule has 0 aliphatic rings. The number of hydrogen-bond donors (Lipinski definition) is 0. The molecular weight excluding hydrogens is 366 g/mol. The number of nitro groups is 1. The summed E-state index contributed by atoms with van der Waals surface area (Å²) < 4.78 is 14.7. The normalized spacial score (nSPS) is 11.6. The van der Waals surface area contributed by atoms with Gasteiger partial charge in [-0.3, -0.25) is 19.7 Å².